The van der Waals surface area contributed by atoms with Crippen LogP contribution in [0.5, 0.6) is 0 Å². The molecule has 1 amide bonds. The molecule has 0 saturated carbocycles. The first kappa shape index (κ1) is 23.1. The summed E-state index contributed by atoms with van der Waals surface area (Å²) in [5.41, 5.74) is 6.56. The molecule has 5 rings (SSSR count). The number of anilines is 2. The summed E-state index contributed by atoms with van der Waals surface area (Å²) in [5.74, 6) is 0.620. The molecule has 0 aliphatic carbocycles. The number of imidazole rings is 1. The van der Waals surface area contributed by atoms with Crippen molar-refractivity contribution >= 4 is 34.1 Å². The van der Waals surface area contributed by atoms with Crippen molar-refractivity contribution in [3.63, 3.8) is 0 Å². The molecule has 36 heavy (non-hydrogen) atoms. The van der Waals surface area contributed by atoms with Gasteiger partial charge in [0.05, 0.1) is 11.0 Å². The Hall–Kier alpha value is -4.71. The molecule has 5 aromatic rings. The van der Waals surface area contributed by atoms with Crippen LogP contribution in [0.15, 0.2) is 97.1 Å². The number of para-hydroxylation sites is 1. The lowest BCUT2D eigenvalue weighted by Crippen LogP contribution is -2.11. The van der Waals surface area contributed by atoms with Crippen LogP contribution >= 0.6 is 0 Å². The van der Waals surface area contributed by atoms with Crippen LogP contribution in [0.2, 0.25) is 0 Å². The van der Waals surface area contributed by atoms with Gasteiger partial charge in [0.1, 0.15) is 5.82 Å². The minimum atomic E-state index is -0.164. The van der Waals surface area contributed by atoms with Crippen LogP contribution < -0.4 is 10.2 Å². The minimum absolute atomic E-state index is 0.0729. The van der Waals surface area contributed by atoms with Gasteiger partial charge in [-0.15, -0.1) is 0 Å². The molecule has 178 valence electrons. The van der Waals surface area contributed by atoms with Crippen LogP contribution in [0.4, 0.5) is 11.4 Å². The van der Waals surface area contributed by atoms with Crippen molar-refractivity contribution in [1.82, 2.24) is 9.97 Å². The number of hydrogen-bond donors (Lipinski definition) is 2. The number of nitrogens with one attached hydrogen (secondary N) is 2. The Labute approximate surface area is 209 Å². The quantitative estimate of drug-likeness (QED) is 0.285. The number of aromatic nitrogens is 2. The van der Waals surface area contributed by atoms with E-state index in [1.807, 2.05) is 104 Å². The zero-order valence-corrected chi connectivity index (χ0v) is 20.2. The highest BCUT2D eigenvalue weighted by Gasteiger charge is 2.12. The summed E-state index contributed by atoms with van der Waals surface area (Å²) in [4.78, 5) is 35.3. The van der Waals surface area contributed by atoms with E-state index in [1.54, 1.807) is 12.1 Å². The predicted molar refractivity (Wildman–Crippen MR) is 145 cm³/mol. The number of fused-ring (bicyclic) bond motifs is 1. The zero-order chi connectivity index (χ0) is 25.1. The highest BCUT2D eigenvalue weighted by Crippen LogP contribution is 2.23. The first-order chi connectivity index (χ1) is 17.5. The molecule has 0 aliphatic rings. The number of amides is 1. The van der Waals surface area contributed by atoms with Crippen LogP contribution in [0.3, 0.4) is 0 Å². The number of Topliss-reactive ketones (excluding diaryl/α,β-unsaturated/α-hetero) is 1. The van der Waals surface area contributed by atoms with Gasteiger partial charge in [0.2, 0.25) is 0 Å². The van der Waals surface area contributed by atoms with Gasteiger partial charge in [0.25, 0.3) is 5.91 Å². The Morgan fingerprint density at radius 3 is 2.22 bits per heavy atom. The molecule has 0 fully saturated rings. The van der Waals surface area contributed by atoms with Gasteiger partial charge in [0, 0.05) is 48.6 Å². The lowest BCUT2D eigenvalue weighted by Gasteiger charge is -2.12. The third-order valence-corrected chi connectivity index (χ3v) is 6.07. The molecular weight excluding hydrogens is 448 g/mol. The minimum Gasteiger partial charge on any atom is -0.378 e. The molecule has 0 saturated heterocycles. The predicted octanol–water partition coefficient (Wildman–Crippen LogP) is 5.97. The first-order valence-corrected chi connectivity index (χ1v) is 11.7. The van der Waals surface area contributed by atoms with Crippen molar-refractivity contribution in [1.29, 1.82) is 0 Å². The second-order valence-electron chi connectivity index (χ2n) is 8.88. The van der Waals surface area contributed by atoms with Crippen LogP contribution in [0, 0.1) is 0 Å². The number of benzene rings is 4. The van der Waals surface area contributed by atoms with E-state index in [0.29, 0.717) is 23.4 Å². The van der Waals surface area contributed by atoms with Crippen LogP contribution in [-0.4, -0.2) is 35.8 Å². The maximum absolute atomic E-state index is 12.8. The normalized spacial score (nSPS) is 10.8. The monoisotopic (exact) mass is 474 g/mol. The SMILES string of the molecule is CN(C)c1ccc(C(=O)Cc2ccc3nc(-c4ccc(C(=O)Nc5ccccc5)cc4)[nH]c3c2)cc1. The average molecular weight is 475 g/mol. The number of hydrogen-bond acceptors (Lipinski definition) is 4. The molecule has 0 bridgehead atoms. The fourth-order valence-electron chi connectivity index (χ4n) is 4.04. The zero-order valence-electron chi connectivity index (χ0n) is 20.2. The van der Waals surface area contributed by atoms with E-state index in [-0.39, 0.29) is 11.7 Å². The van der Waals surface area contributed by atoms with Crippen LogP contribution in [0.25, 0.3) is 22.4 Å². The van der Waals surface area contributed by atoms with Gasteiger partial charge in [0.15, 0.2) is 5.78 Å². The number of carbonyl (C=O) groups is 2. The van der Waals surface area contributed by atoms with Gasteiger partial charge in [-0.3, -0.25) is 9.59 Å². The van der Waals surface area contributed by atoms with Crippen molar-refractivity contribution in [2.45, 2.75) is 6.42 Å². The molecule has 0 spiro atoms. The van der Waals surface area contributed by atoms with E-state index in [2.05, 4.69) is 15.3 Å². The summed E-state index contributed by atoms with van der Waals surface area (Å²) in [7, 11) is 3.95. The number of nitrogens with zero attached hydrogens (tertiary/aromatic N) is 2. The van der Waals surface area contributed by atoms with Gasteiger partial charge in [-0.05, 0) is 66.2 Å². The maximum atomic E-state index is 12.8. The molecule has 4 aromatic carbocycles. The van der Waals surface area contributed by atoms with E-state index < -0.39 is 0 Å². The molecule has 1 heterocycles. The smallest absolute Gasteiger partial charge is 0.255 e. The molecular formula is C30H26N4O2. The number of carbonyl (C=O) groups excluding carboxylic acids is 2. The van der Waals surface area contributed by atoms with Gasteiger partial charge < -0.3 is 15.2 Å². The summed E-state index contributed by atoms with van der Waals surface area (Å²) >= 11 is 0. The standard InChI is InChI=1S/C30H26N4O2/c1-34(2)25-15-13-21(14-16-25)28(35)19-20-8-17-26-27(18-20)33-29(32-26)22-9-11-23(12-10-22)30(36)31-24-6-4-3-5-7-24/h3-18H,19H2,1-2H3,(H,31,36)(H,32,33). The third-order valence-electron chi connectivity index (χ3n) is 6.07. The van der Waals surface area contributed by atoms with Gasteiger partial charge in [-0.1, -0.05) is 36.4 Å². The third kappa shape index (κ3) is 5.03. The summed E-state index contributed by atoms with van der Waals surface area (Å²) < 4.78 is 0. The lowest BCUT2D eigenvalue weighted by atomic mass is 10.0. The van der Waals surface area contributed by atoms with Gasteiger partial charge in [-0.25, -0.2) is 4.98 Å². The van der Waals surface area contributed by atoms with E-state index in [9.17, 15) is 9.59 Å². The van der Waals surface area contributed by atoms with Crippen LogP contribution in [0.1, 0.15) is 26.3 Å². The highest BCUT2D eigenvalue weighted by atomic mass is 16.1. The maximum Gasteiger partial charge on any atom is 0.255 e. The second-order valence-corrected chi connectivity index (χ2v) is 8.88. The molecule has 0 atom stereocenters. The highest BCUT2D eigenvalue weighted by molar-refractivity contribution is 6.04. The largest absolute Gasteiger partial charge is 0.378 e. The van der Waals surface area contributed by atoms with E-state index in [0.717, 1.165) is 33.5 Å². The Kier molecular flexibility index (Phi) is 6.33. The Morgan fingerprint density at radius 2 is 1.53 bits per heavy atom. The average Bonchev–Trinajstić information content (AvgIpc) is 3.33. The van der Waals surface area contributed by atoms with Crippen molar-refractivity contribution in [2.24, 2.45) is 0 Å². The number of H-pyrrole nitrogens is 1. The Morgan fingerprint density at radius 1 is 0.833 bits per heavy atom. The van der Waals surface area contributed by atoms with Crippen molar-refractivity contribution in [3.8, 4) is 11.4 Å². The second kappa shape index (κ2) is 9.88. The number of aromatic amines is 1. The summed E-state index contributed by atoms with van der Waals surface area (Å²) in [6.07, 6.45) is 0.316. The van der Waals surface area contributed by atoms with E-state index in [1.165, 1.54) is 0 Å². The Bertz CT molecular complexity index is 1520. The van der Waals surface area contributed by atoms with Gasteiger partial charge >= 0.3 is 0 Å². The molecule has 2 N–H and O–H groups in total. The van der Waals surface area contributed by atoms with Crippen LogP contribution in [-0.2, 0) is 6.42 Å². The molecule has 1 aromatic heterocycles. The van der Waals surface area contributed by atoms with E-state index in [4.69, 9.17) is 0 Å². The van der Waals surface area contributed by atoms with Crippen molar-refractivity contribution in [2.75, 3.05) is 24.3 Å². The number of rotatable bonds is 7. The van der Waals surface area contributed by atoms with E-state index >= 15 is 0 Å². The molecule has 6 nitrogen and oxygen atoms in total. The van der Waals surface area contributed by atoms with Crippen molar-refractivity contribution < 1.29 is 9.59 Å². The summed E-state index contributed by atoms with van der Waals surface area (Å²) in [5, 5.41) is 2.89. The number of ketones is 1. The summed E-state index contributed by atoms with van der Waals surface area (Å²) in [6.45, 7) is 0. The molecule has 0 radical (unpaired) electrons. The molecule has 0 aliphatic heterocycles. The van der Waals surface area contributed by atoms with Crippen molar-refractivity contribution in [3.05, 3.63) is 114 Å². The topological polar surface area (TPSA) is 78.1 Å². The lowest BCUT2D eigenvalue weighted by molar-refractivity contribution is 0.0991. The molecule has 0 unspecified atom stereocenters. The first-order valence-electron chi connectivity index (χ1n) is 11.7. The fourth-order valence-corrected chi connectivity index (χ4v) is 4.04. The van der Waals surface area contributed by atoms with Gasteiger partial charge in [-0.2, -0.15) is 0 Å². The Balaban J connectivity index is 1.29. The fraction of sp³-hybridized carbons (Fsp3) is 0.100. The summed E-state index contributed by atoms with van der Waals surface area (Å²) in [6, 6.07) is 30.2. The molecule has 6 heteroatoms.